The normalized spacial score (nSPS) is 19.3. The Labute approximate surface area is 110 Å². The first-order chi connectivity index (χ1) is 8.49. The monoisotopic (exact) mass is 251 g/mol. The van der Waals surface area contributed by atoms with E-state index in [0.29, 0.717) is 6.54 Å². The SMILES string of the molecule is CC(C)(C)N1CCN(Cc2ccc(CN)o2)CC1. The van der Waals surface area contributed by atoms with E-state index in [-0.39, 0.29) is 5.54 Å². The molecule has 1 saturated heterocycles. The van der Waals surface area contributed by atoms with Gasteiger partial charge in [0.15, 0.2) is 0 Å². The predicted octanol–water partition coefficient (Wildman–Crippen LogP) is 1.65. The van der Waals surface area contributed by atoms with Crippen molar-refractivity contribution in [2.75, 3.05) is 26.2 Å². The molecule has 1 aliphatic heterocycles. The van der Waals surface area contributed by atoms with Crippen molar-refractivity contribution in [1.82, 2.24) is 9.80 Å². The molecule has 2 rings (SSSR count). The van der Waals surface area contributed by atoms with Crippen LogP contribution in [-0.2, 0) is 13.1 Å². The van der Waals surface area contributed by atoms with E-state index in [0.717, 1.165) is 44.2 Å². The Morgan fingerprint density at radius 1 is 1.11 bits per heavy atom. The summed E-state index contributed by atoms with van der Waals surface area (Å²) >= 11 is 0. The van der Waals surface area contributed by atoms with Crippen molar-refractivity contribution in [2.24, 2.45) is 5.73 Å². The Morgan fingerprint density at radius 3 is 2.22 bits per heavy atom. The minimum atomic E-state index is 0.281. The maximum Gasteiger partial charge on any atom is 0.118 e. The smallest absolute Gasteiger partial charge is 0.118 e. The van der Waals surface area contributed by atoms with E-state index in [1.54, 1.807) is 0 Å². The highest BCUT2D eigenvalue weighted by Gasteiger charge is 2.25. The third kappa shape index (κ3) is 3.34. The molecule has 0 saturated carbocycles. The number of nitrogens with zero attached hydrogens (tertiary/aromatic N) is 2. The quantitative estimate of drug-likeness (QED) is 0.887. The summed E-state index contributed by atoms with van der Waals surface area (Å²) in [6.07, 6.45) is 0. The lowest BCUT2D eigenvalue weighted by Gasteiger charge is -2.42. The van der Waals surface area contributed by atoms with Gasteiger partial charge < -0.3 is 10.2 Å². The zero-order chi connectivity index (χ0) is 13.2. The van der Waals surface area contributed by atoms with Crippen LogP contribution in [0, 0.1) is 0 Å². The van der Waals surface area contributed by atoms with Gasteiger partial charge in [0.1, 0.15) is 11.5 Å². The fraction of sp³-hybridized carbons (Fsp3) is 0.714. The van der Waals surface area contributed by atoms with E-state index in [1.807, 2.05) is 12.1 Å². The van der Waals surface area contributed by atoms with Crippen LogP contribution in [0.15, 0.2) is 16.5 Å². The van der Waals surface area contributed by atoms with Crippen LogP contribution in [0.3, 0.4) is 0 Å². The van der Waals surface area contributed by atoms with Gasteiger partial charge in [0.05, 0.1) is 13.1 Å². The first-order valence-electron chi connectivity index (χ1n) is 6.74. The molecule has 0 aromatic carbocycles. The van der Waals surface area contributed by atoms with Crippen molar-refractivity contribution in [1.29, 1.82) is 0 Å². The number of piperazine rings is 1. The van der Waals surface area contributed by atoms with Crippen molar-refractivity contribution in [3.8, 4) is 0 Å². The Kier molecular flexibility index (Phi) is 4.10. The third-order valence-corrected chi connectivity index (χ3v) is 3.62. The Bertz CT molecular complexity index is 373. The van der Waals surface area contributed by atoms with Gasteiger partial charge in [-0.05, 0) is 32.9 Å². The molecule has 4 heteroatoms. The van der Waals surface area contributed by atoms with Gasteiger partial charge >= 0.3 is 0 Å². The second kappa shape index (κ2) is 5.43. The van der Waals surface area contributed by atoms with Crippen molar-refractivity contribution < 1.29 is 4.42 Å². The van der Waals surface area contributed by atoms with Crippen LogP contribution in [0.2, 0.25) is 0 Å². The van der Waals surface area contributed by atoms with Crippen LogP contribution in [0.25, 0.3) is 0 Å². The standard InChI is InChI=1S/C14H25N3O/c1-14(2,3)17-8-6-16(7-9-17)11-13-5-4-12(10-15)18-13/h4-5H,6-11,15H2,1-3H3. The highest BCUT2D eigenvalue weighted by atomic mass is 16.3. The Hall–Kier alpha value is -0.840. The number of nitrogens with two attached hydrogens (primary N) is 1. The molecule has 0 bridgehead atoms. The van der Waals surface area contributed by atoms with Gasteiger partial charge in [-0.15, -0.1) is 0 Å². The topological polar surface area (TPSA) is 45.6 Å². The van der Waals surface area contributed by atoms with Gasteiger partial charge in [-0.2, -0.15) is 0 Å². The lowest BCUT2D eigenvalue weighted by molar-refractivity contribution is 0.0561. The van der Waals surface area contributed by atoms with Gasteiger partial charge in [0.2, 0.25) is 0 Å². The van der Waals surface area contributed by atoms with Crippen LogP contribution in [0.5, 0.6) is 0 Å². The summed E-state index contributed by atoms with van der Waals surface area (Å²) in [4.78, 5) is 4.98. The van der Waals surface area contributed by atoms with Crippen LogP contribution < -0.4 is 5.73 Å². The van der Waals surface area contributed by atoms with Gasteiger partial charge in [-0.3, -0.25) is 9.80 Å². The average Bonchev–Trinajstić information content (AvgIpc) is 2.76. The first-order valence-corrected chi connectivity index (χ1v) is 6.74. The molecule has 1 fully saturated rings. The fourth-order valence-corrected chi connectivity index (χ4v) is 2.41. The molecule has 0 aliphatic carbocycles. The van der Waals surface area contributed by atoms with E-state index in [9.17, 15) is 0 Å². The van der Waals surface area contributed by atoms with Crippen molar-refractivity contribution >= 4 is 0 Å². The maximum absolute atomic E-state index is 5.65. The number of rotatable bonds is 3. The van der Waals surface area contributed by atoms with Gasteiger partial charge in [0.25, 0.3) is 0 Å². The summed E-state index contributed by atoms with van der Waals surface area (Å²) in [7, 11) is 0. The van der Waals surface area contributed by atoms with Crippen LogP contribution in [0.4, 0.5) is 0 Å². The van der Waals surface area contributed by atoms with Gasteiger partial charge in [-0.25, -0.2) is 0 Å². The van der Waals surface area contributed by atoms with E-state index < -0.39 is 0 Å². The molecule has 1 aromatic rings. The molecule has 2 N–H and O–H groups in total. The third-order valence-electron chi connectivity index (χ3n) is 3.62. The van der Waals surface area contributed by atoms with Crippen molar-refractivity contribution in [3.63, 3.8) is 0 Å². The number of hydrogen-bond donors (Lipinski definition) is 1. The van der Waals surface area contributed by atoms with E-state index in [1.165, 1.54) is 0 Å². The summed E-state index contributed by atoms with van der Waals surface area (Å²) in [5.74, 6) is 1.90. The lowest BCUT2D eigenvalue weighted by Crippen LogP contribution is -2.53. The molecular formula is C14H25N3O. The molecule has 0 unspecified atom stereocenters. The summed E-state index contributed by atoms with van der Waals surface area (Å²) in [6.45, 7) is 12.7. The Morgan fingerprint density at radius 2 is 1.72 bits per heavy atom. The van der Waals surface area contributed by atoms with Crippen molar-refractivity contribution in [3.05, 3.63) is 23.7 Å². The molecule has 2 heterocycles. The molecular weight excluding hydrogens is 226 g/mol. The summed E-state index contributed by atoms with van der Waals surface area (Å²) < 4.78 is 5.65. The van der Waals surface area contributed by atoms with E-state index in [4.69, 9.17) is 10.2 Å². The summed E-state index contributed by atoms with van der Waals surface area (Å²) in [5.41, 5.74) is 5.83. The molecule has 0 atom stereocenters. The molecule has 1 aliphatic rings. The van der Waals surface area contributed by atoms with Crippen LogP contribution in [0.1, 0.15) is 32.3 Å². The summed E-state index contributed by atoms with van der Waals surface area (Å²) in [6, 6.07) is 4.01. The second-order valence-electron chi connectivity index (χ2n) is 6.01. The van der Waals surface area contributed by atoms with Crippen LogP contribution in [-0.4, -0.2) is 41.5 Å². The maximum atomic E-state index is 5.65. The van der Waals surface area contributed by atoms with Gasteiger partial charge in [-0.1, -0.05) is 0 Å². The second-order valence-corrected chi connectivity index (χ2v) is 6.01. The predicted molar refractivity (Wildman–Crippen MR) is 73.2 cm³/mol. The largest absolute Gasteiger partial charge is 0.463 e. The van der Waals surface area contributed by atoms with Crippen LogP contribution >= 0.6 is 0 Å². The minimum Gasteiger partial charge on any atom is -0.463 e. The molecule has 1 aromatic heterocycles. The van der Waals surface area contributed by atoms with E-state index >= 15 is 0 Å². The molecule has 4 nitrogen and oxygen atoms in total. The molecule has 102 valence electrons. The zero-order valence-electron chi connectivity index (χ0n) is 11.8. The molecule has 0 radical (unpaired) electrons. The van der Waals surface area contributed by atoms with Crippen molar-refractivity contribution in [2.45, 2.75) is 39.4 Å². The lowest BCUT2D eigenvalue weighted by atomic mass is 10.1. The van der Waals surface area contributed by atoms with E-state index in [2.05, 4.69) is 30.6 Å². The van der Waals surface area contributed by atoms with Gasteiger partial charge in [0, 0.05) is 31.7 Å². The first kappa shape index (κ1) is 13.6. The highest BCUT2D eigenvalue weighted by molar-refractivity contribution is 5.07. The molecule has 0 spiro atoms. The molecule has 0 amide bonds. The zero-order valence-corrected chi connectivity index (χ0v) is 11.8. The summed E-state index contributed by atoms with van der Waals surface area (Å²) in [5, 5.41) is 0. The fourth-order valence-electron chi connectivity index (χ4n) is 2.41. The molecule has 18 heavy (non-hydrogen) atoms. The Balaban J connectivity index is 1.83. The highest BCUT2D eigenvalue weighted by Crippen LogP contribution is 2.17. The number of hydrogen-bond acceptors (Lipinski definition) is 4. The average molecular weight is 251 g/mol. The number of furan rings is 1. The minimum absolute atomic E-state index is 0.281.